The molecule has 1 aromatic carbocycles. The molecule has 0 aliphatic heterocycles. The van der Waals surface area contributed by atoms with Crippen LogP contribution in [0.2, 0.25) is 0 Å². The van der Waals surface area contributed by atoms with E-state index in [4.69, 9.17) is 5.11 Å². The summed E-state index contributed by atoms with van der Waals surface area (Å²) in [4.78, 5) is 16.3. The molecular formula is C14H16N2O2. The van der Waals surface area contributed by atoms with Crippen molar-refractivity contribution in [3.05, 3.63) is 42.1 Å². The summed E-state index contributed by atoms with van der Waals surface area (Å²) in [5.41, 5.74) is 1.32. The normalized spacial score (nSPS) is 10.5. The summed E-state index contributed by atoms with van der Waals surface area (Å²) in [7, 11) is 0. The molecule has 0 spiro atoms. The molecule has 0 bridgehead atoms. The van der Waals surface area contributed by atoms with Crippen molar-refractivity contribution in [3.8, 4) is 0 Å². The number of amides is 1. The number of aliphatic hydroxyl groups is 1. The number of aliphatic hydroxyl groups excluding tert-OH is 1. The molecule has 2 aromatic rings. The lowest BCUT2D eigenvalue weighted by Crippen LogP contribution is -2.24. The summed E-state index contributed by atoms with van der Waals surface area (Å²) >= 11 is 0. The zero-order valence-corrected chi connectivity index (χ0v) is 10.1. The topological polar surface area (TPSA) is 62.2 Å². The number of pyridine rings is 1. The third-order valence-electron chi connectivity index (χ3n) is 2.75. The van der Waals surface area contributed by atoms with Crippen molar-refractivity contribution in [1.29, 1.82) is 0 Å². The number of carbonyl (C=O) groups is 1. The van der Waals surface area contributed by atoms with Crippen LogP contribution in [-0.4, -0.2) is 29.1 Å². The molecule has 2 rings (SSSR count). The summed E-state index contributed by atoms with van der Waals surface area (Å²) in [6.07, 6.45) is 3.17. The Morgan fingerprint density at radius 2 is 2.06 bits per heavy atom. The number of nitrogens with one attached hydrogen (secondary N) is 1. The maximum atomic E-state index is 12.0. The third-order valence-corrected chi connectivity index (χ3v) is 2.75. The van der Waals surface area contributed by atoms with Crippen LogP contribution < -0.4 is 5.32 Å². The predicted octanol–water partition coefficient (Wildman–Crippen LogP) is 1.74. The van der Waals surface area contributed by atoms with Gasteiger partial charge in [-0.05, 0) is 25.0 Å². The van der Waals surface area contributed by atoms with Gasteiger partial charge in [0.25, 0.3) is 5.91 Å². The van der Waals surface area contributed by atoms with E-state index >= 15 is 0 Å². The number of fused-ring (bicyclic) bond motifs is 1. The maximum Gasteiger partial charge on any atom is 0.253 e. The Morgan fingerprint density at radius 3 is 2.89 bits per heavy atom. The van der Waals surface area contributed by atoms with Crippen molar-refractivity contribution < 1.29 is 9.90 Å². The molecule has 18 heavy (non-hydrogen) atoms. The number of rotatable bonds is 5. The first-order valence-electron chi connectivity index (χ1n) is 6.06. The lowest BCUT2D eigenvalue weighted by atomic mass is 10.1. The van der Waals surface area contributed by atoms with Gasteiger partial charge in [-0.3, -0.25) is 9.78 Å². The van der Waals surface area contributed by atoms with Crippen molar-refractivity contribution in [2.24, 2.45) is 0 Å². The number of benzene rings is 1. The number of para-hydroxylation sites is 1. The molecule has 0 unspecified atom stereocenters. The fourth-order valence-corrected chi connectivity index (χ4v) is 1.82. The minimum atomic E-state index is -0.114. The molecule has 0 saturated carbocycles. The Kier molecular flexibility index (Phi) is 4.25. The first-order valence-corrected chi connectivity index (χ1v) is 6.06. The highest BCUT2D eigenvalue weighted by molar-refractivity contribution is 6.05. The summed E-state index contributed by atoms with van der Waals surface area (Å²) in [5.74, 6) is -0.114. The molecule has 2 N–H and O–H groups in total. The van der Waals surface area contributed by atoms with Gasteiger partial charge in [0.15, 0.2) is 0 Å². The van der Waals surface area contributed by atoms with Crippen LogP contribution in [0.15, 0.2) is 36.5 Å². The van der Waals surface area contributed by atoms with Crippen molar-refractivity contribution >= 4 is 16.8 Å². The zero-order valence-electron chi connectivity index (χ0n) is 10.1. The first kappa shape index (κ1) is 12.5. The van der Waals surface area contributed by atoms with Crippen LogP contribution in [0.25, 0.3) is 10.9 Å². The number of nitrogens with zero attached hydrogens (tertiary/aromatic N) is 1. The van der Waals surface area contributed by atoms with Gasteiger partial charge in [0, 0.05) is 24.7 Å². The summed E-state index contributed by atoms with van der Waals surface area (Å²) in [5, 5.41) is 12.5. The van der Waals surface area contributed by atoms with Gasteiger partial charge in [-0.1, -0.05) is 18.2 Å². The van der Waals surface area contributed by atoms with E-state index in [-0.39, 0.29) is 12.5 Å². The molecule has 1 amide bonds. The SMILES string of the molecule is O=C(NCCCCO)c1cccc2cccnc12. The Labute approximate surface area is 106 Å². The fraction of sp³-hybridized carbons (Fsp3) is 0.286. The second kappa shape index (κ2) is 6.12. The highest BCUT2D eigenvalue weighted by Crippen LogP contribution is 2.15. The van der Waals surface area contributed by atoms with Gasteiger partial charge in [0.2, 0.25) is 0 Å². The van der Waals surface area contributed by atoms with Crippen LogP contribution in [0.1, 0.15) is 23.2 Å². The largest absolute Gasteiger partial charge is 0.396 e. The van der Waals surface area contributed by atoms with E-state index in [2.05, 4.69) is 10.3 Å². The lowest BCUT2D eigenvalue weighted by Gasteiger charge is -2.06. The van der Waals surface area contributed by atoms with Gasteiger partial charge < -0.3 is 10.4 Å². The van der Waals surface area contributed by atoms with Crippen LogP contribution in [0.3, 0.4) is 0 Å². The van der Waals surface area contributed by atoms with Gasteiger partial charge in [-0.25, -0.2) is 0 Å². The molecule has 0 fully saturated rings. The molecule has 0 saturated heterocycles. The molecule has 1 heterocycles. The molecule has 0 aliphatic rings. The number of hydrogen-bond donors (Lipinski definition) is 2. The van der Waals surface area contributed by atoms with Crippen LogP contribution in [-0.2, 0) is 0 Å². The third kappa shape index (κ3) is 2.84. The van der Waals surface area contributed by atoms with Crippen molar-refractivity contribution in [3.63, 3.8) is 0 Å². The highest BCUT2D eigenvalue weighted by atomic mass is 16.2. The molecule has 94 valence electrons. The van der Waals surface area contributed by atoms with E-state index < -0.39 is 0 Å². The van der Waals surface area contributed by atoms with Gasteiger partial charge in [0.1, 0.15) is 0 Å². The van der Waals surface area contributed by atoms with Gasteiger partial charge in [-0.15, -0.1) is 0 Å². The predicted molar refractivity (Wildman–Crippen MR) is 70.4 cm³/mol. The van der Waals surface area contributed by atoms with Crippen LogP contribution in [0.5, 0.6) is 0 Å². The molecule has 0 aliphatic carbocycles. The number of aromatic nitrogens is 1. The molecule has 1 aromatic heterocycles. The highest BCUT2D eigenvalue weighted by Gasteiger charge is 2.09. The standard InChI is InChI=1S/C14H16N2O2/c17-10-2-1-8-16-14(18)12-7-3-5-11-6-4-9-15-13(11)12/h3-7,9,17H,1-2,8,10H2,(H,16,18). The summed E-state index contributed by atoms with van der Waals surface area (Å²) < 4.78 is 0. The lowest BCUT2D eigenvalue weighted by molar-refractivity contribution is 0.0953. The van der Waals surface area contributed by atoms with Crippen molar-refractivity contribution in [2.75, 3.05) is 13.2 Å². The average molecular weight is 244 g/mol. The monoisotopic (exact) mass is 244 g/mol. The second-order valence-corrected chi connectivity index (χ2v) is 4.07. The maximum absolute atomic E-state index is 12.0. The Morgan fingerprint density at radius 1 is 1.22 bits per heavy atom. The molecule has 4 nitrogen and oxygen atoms in total. The Hall–Kier alpha value is -1.94. The number of unbranched alkanes of at least 4 members (excludes halogenated alkanes) is 1. The van der Waals surface area contributed by atoms with E-state index in [9.17, 15) is 4.79 Å². The zero-order chi connectivity index (χ0) is 12.8. The number of hydrogen-bond acceptors (Lipinski definition) is 3. The number of carbonyl (C=O) groups excluding carboxylic acids is 1. The molecule has 0 atom stereocenters. The molecular weight excluding hydrogens is 228 g/mol. The van der Waals surface area contributed by atoms with E-state index in [0.29, 0.717) is 18.5 Å². The van der Waals surface area contributed by atoms with E-state index in [1.54, 1.807) is 12.3 Å². The molecule has 0 radical (unpaired) electrons. The first-order chi connectivity index (χ1) is 8.83. The van der Waals surface area contributed by atoms with E-state index in [1.165, 1.54) is 0 Å². The van der Waals surface area contributed by atoms with Crippen molar-refractivity contribution in [1.82, 2.24) is 10.3 Å². The quantitative estimate of drug-likeness (QED) is 0.787. The van der Waals surface area contributed by atoms with E-state index in [1.807, 2.05) is 24.3 Å². The smallest absolute Gasteiger partial charge is 0.253 e. The average Bonchev–Trinajstić information content (AvgIpc) is 2.43. The van der Waals surface area contributed by atoms with Gasteiger partial charge in [0.05, 0.1) is 11.1 Å². The van der Waals surface area contributed by atoms with Crippen LogP contribution in [0.4, 0.5) is 0 Å². The Bertz CT molecular complexity index is 535. The summed E-state index contributed by atoms with van der Waals surface area (Å²) in [6, 6.07) is 9.35. The van der Waals surface area contributed by atoms with Crippen LogP contribution in [0, 0.1) is 0 Å². The van der Waals surface area contributed by atoms with Crippen LogP contribution >= 0.6 is 0 Å². The minimum Gasteiger partial charge on any atom is -0.396 e. The van der Waals surface area contributed by atoms with E-state index in [0.717, 1.165) is 17.3 Å². The van der Waals surface area contributed by atoms with Gasteiger partial charge >= 0.3 is 0 Å². The van der Waals surface area contributed by atoms with Crippen molar-refractivity contribution in [2.45, 2.75) is 12.8 Å². The van der Waals surface area contributed by atoms with Gasteiger partial charge in [-0.2, -0.15) is 0 Å². The molecule has 4 heteroatoms. The summed E-state index contributed by atoms with van der Waals surface area (Å²) in [6.45, 7) is 0.730. The minimum absolute atomic E-state index is 0.114. The Balaban J connectivity index is 2.13. The fourth-order valence-electron chi connectivity index (χ4n) is 1.82. The second-order valence-electron chi connectivity index (χ2n) is 4.07.